The van der Waals surface area contributed by atoms with Crippen LogP contribution in [0, 0.1) is 5.92 Å². The van der Waals surface area contributed by atoms with Gasteiger partial charge in [-0.3, -0.25) is 18.9 Å². The molecule has 1 aliphatic rings. The van der Waals surface area contributed by atoms with Crippen LogP contribution in [0.3, 0.4) is 0 Å². The second-order valence-electron chi connectivity index (χ2n) is 8.25. The molecule has 0 aliphatic heterocycles. The van der Waals surface area contributed by atoms with Gasteiger partial charge in [-0.25, -0.2) is 4.79 Å². The van der Waals surface area contributed by atoms with Crippen molar-refractivity contribution in [2.45, 2.75) is 82.6 Å². The van der Waals surface area contributed by atoms with E-state index in [-0.39, 0.29) is 19.3 Å². The van der Waals surface area contributed by atoms with Gasteiger partial charge in [0.2, 0.25) is 0 Å². The number of nitrogens with one attached hydrogen (secondary N) is 1. The first-order valence-electron chi connectivity index (χ1n) is 9.70. The second kappa shape index (κ2) is 8.45. The number of aromatic amines is 1. The zero-order valence-corrected chi connectivity index (χ0v) is 18.0. The van der Waals surface area contributed by atoms with E-state index >= 15 is 0 Å². The van der Waals surface area contributed by atoms with Crippen LogP contribution in [0.1, 0.15) is 59.4 Å². The van der Waals surface area contributed by atoms with Gasteiger partial charge in [-0.05, 0) is 45.4 Å². The maximum absolute atomic E-state index is 12.6. The van der Waals surface area contributed by atoms with Gasteiger partial charge in [-0.2, -0.15) is 0 Å². The highest BCUT2D eigenvalue weighted by Crippen LogP contribution is 2.59. The molecule has 0 amide bonds. The molecule has 166 valence electrons. The van der Waals surface area contributed by atoms with Gasteiger partial charge in [0, 0.05) is 12.3 Å². The molecule has 1 fully saturated rings. The van der Waals surface area contributed by atoms with Gasteiger partial charge in [0.05, 0.1) is 17.7 Å². The lowest BCUT2D eigenvalue weighted by Gasteiger charge is -2.37. The van der Waals surface area contributed by atoms with Crippen molar-refractivity contribution in [3.8, 4) is 0 Å². The van der Waals surface area contributed by atoms with E-state index < -0.39 is 54.0 Å². The number of aromatic nitrogens is 2. The normalized spacial score (nSPS) is 31.0. The van der Waals surface area contributed by atoms with Gasteiger partial charge >= 0.3 is 13.3 Å². The molecular weight excluding hydrogens is 403 g/mol. The van der Waals surface area contributed by atoms with Crippen LogP contribution < -0.4 is 11.2 Å². The summed E-state index contributed by atoms with van der Waals surface area (Å²) in [6, 6.07) is 0.391. The maximum atomic E-state index is 12.6. The predicted molar refractivity (Wildman–Crippen MR) is 106 cm³/mol. The van der Waals surface area contributed by atoms with E-state index in [4.69, 9.17) is 4.52 Å². The van der Waals surface area contributed by atoms with Crippen molar-refractivity contribution in [2.75, 3.05) is 0 Å². The summed E-state index contributed by atoms with van der Waals surface area (Å²) < 4.78 is 19.3. The number of hydrogen-bond acceptors (Lipinski definition) is 7. The van der Waals surface area contributed by atoms with Crippen LogP contribution in [0.15, 0.2) is 21.9 Å². The summed E-state index contributed by atoms with van der Waals surface area (Å²) in [5.41, 5.74) is -2.41. The van der Waals surface area contributed by atoms with Gasteiger partial charge < -0.3 is 24.7 Å². The molecule has 2 rings (SSSR count). The molecule has 10 nitrogen and oxygen atoms in total. The Labute approximate surface area is 168 Å². The molecule has 1 aromatic rings. The number of aliphatic hydroxyl groups excluding tert-OH is 2. The lowest BCUT2D eigenvalue weighted by molar-refractivity contribution is -0.0266. The van der Waals surface area contributed by atoms with Crippen LogP contribution in [-0.4, -0.2) is 52.9 Å². The molecule has 0 saturated heterocycles. The van der Waals surface area contributed by atoms with Crippen LogP contribution in [0.2, 0.25) is 0 Å². The summed E-state index contributed by atoms with van der Waals surface area (Å²) in [7, 11) is -4.40. The minimum atomic E-state index is -4.40. The summed E-state index contributed by atoms with van der Waals surface area (Å²) in [5, 5.41) is 29.3. The fourth-order valence-corrected chi connectivity index (χ4v) is 5.06. The smallest absolute Gasteiger partial charge is 0.359 e. The molecule has 1 saturated carbocycles. The summed E-state index contributed by atoms with van der Waals surface area (Å²) in [6.07, 6.45) is -0.529. The van der Waals surface area contributed by atoms with Crippen LogP contribution in [-0.2, 0) is 9.09 Å². The van der Waals surface area contributed by atoms with E-state index in [0.717, 1.165) is 10.6 Å². The van der Waals surface area contributed by atoms with E-state index in [0.29, 0.717) is 6.42 Å². The molecule has 0 radical (unpaired) electrons. The molecule has 1 aliphatic carbocycles. The summed E-state index contributed by atoms with van der Waals surface area (Å²) in [4.78, 5) is 35.7. The average Bonchev–Trinajstić information content (AvgIpc) is 2.89. The Balaban J connectivity index is 2.24. The minimum Gasteiger partial charge on any atom is -0.390 e. The van der Waals surface area contributed by atoms with E-state index in [1.54, 1.807) is 20.8 Å². The number of nitrogens with zero attached hydrogens (tertiary/aromatic N) is 1. The molecule has 1 aromatic heterocycles. The first-order valence-corrected chi connectivity index (χ1v) is 11.3. The quantitative estimate of drug-likeness (QED) is 0.373. The highest BCUT2D eigenvalue weighted by atomic mass is 31.2. The van der Waals surface area contributed by atoms with Gasteiger partial charge in [0.1, 0.15) is 6.10 Å². The lowest BCUT2D eigenvalue weighted by Crippen LogP contribution is -2.38. The summed E-state index contributed by atoms with van der Waals surface area (Å²) in [5.74, 6) is -0.537. The van der Waals surface area contributed by atoms with Crippen molar-refractivity contribution < 1.29 is 29.3 Å². The van der Waals surface area contributed by atoms with Crippen molar-refractivity contribution in [2.24, 2.45) is 5.92 Å². The van der Waals surface area contributed by atoms with Crippen molar-refractivity contribution in [3.63, 3.8) is 0 Å². The minimum absolute atomic E-state index is 0.0164. The third-order valence-corrected chi connectivity index (χ3v) is 8.27. The Hall–Kier alpha value is -1.29. The standard InChI is InChI=1S/C18H31N2O8P/c1-5-17(3,28-29(26,27)18(4,25)6-2)10-11-9-12(15(23)14(11)22)20-8-7-13(21)19-16(20)24/h7-8,11-12,14-15,22-23,25H,5-6,9-10H2,1-4H3,(H,26,27)(H,19,21,24). The van der Waals surface area contributed by atoms with E-state index in [9.17, 15) is 34.4 Å². The predicted octanol–water partition coefficient (Wildman–Crippen LogP) is 0.699. The van der Waals surface area contributed by atoms with Crippen molar-refractivity contribution in [1.29, 1.82) is 0 Å². The van der Waals surface area contributed by atoms with E-state index in [2.05, 4.69) is 4.98 Å². The third kappa shape index (κ3) is 4.90. The third-order valence-electron chi connectivity index (χ3n) is 6.04. The van der Waals surface area contributed by atoms with Crippen LogP contribution in [0.4, 0.5) is 0 Å². The fraction of sp³-hybridized carbons (Fsp3) is 0.778. The van der Waals surface area contributed by atoms with Gasteiger partial charge in [0.25, 0.3) is 5.56 Å². The molecule has 11 heteroatoms. The number of aliphatic hydroxyl groups is 3. The van der Waals surface area contributed by atoms with Crippen LogP contribution in [0.25, 0.3) is 0 Å². The molecule has 0 spiro atoms. The van der Waals surface area contributed by atoms with E-state index in [1.807, 2.05) is 0 Å². The number of rotatable bonds is 8. The molecule has 29 heavy (non-hydrogen) atoms. The molecule has 0 aromatic carbocycles. The highest BCUT2D eigenvalue weighted by molar-refractivity contribution is 7.54. The van der Waals surface area contributed by atoms with Crippen LogP contribution >= 0.6 is 7.60 Å². The van der Waals surface area contributed by atoms with Gasteiger partial charge in [-0.1, -0.05) is 13.8 Å². The van der Waals surface area contributed by atoms with Gasteiger partial charge in [0.15, 0.2) is 5.34 Å². The van der Waals surface area contributed by atoms with E-state index in [1.165, 1.54) is 13.1 Å². The lowest BCUT2D eigenvalue weighted by atomic mass is 9.87. The van der Waals surface area contributed by atoms with Gasteiger partial charge in [-0.15, -0.1) is 0 Å². The summed E-state index contributed by atoms with van der Waals surface area (Å²) in [6.45, 7) is 6.16. The topological polar surface area (TPSA) is 162 Å². The van der Waals surface area contributed by atoms with Crippen molar-refractivity contribution in [1.82, 2.24) is 9.55 Å². The maximum Gasteiger partial charge on any atom is 0.359 e. The average molecular weight is 434 g/mol. The Morgan fingerprint density at radius 2 is 1.86 bits per heavy atom. The number of hydrogen-bond donors (Lipinski definition) is 5. The fourth-order valence-electron chi connectivity index (χ4n) is 3.66. The largest absolute Gasteiger partial charge is 0.390 e. The molecule has 1 heterocycles. The first-order chi connectivity index (χ1) is 13.3. The first kappa shape index (κ1) is 24.0. The zero-order chi connectivity index (χ0) is 22.2. The number of H-pyrrole nitrogens is 1. The molecule has 0 bridgehead atoms. The molecular formula is C18H31N2O8P. The van der Waals surface area contributed by atoms with Crippen LogP contribution in [0.5, 0.6) is 0 Å². The Kier molecular flexibility index (Phi) is 6.99. The van der Waals surface area contributed by atoms with Crippen molar-refractivity contribution in [3.05, 3.63) is 33.1 Å². The SMILES string of the molecule is CCC(C)(CC1CC(n2ccc(=O)[nH]c2=O)C(O)C1O)OP(=O)(O)C(C)(O)CC. The summed E-state index contributed by atoms with van der Waals surface area (Å²) >= 11 is 0. The Bertz CT molecular complexity index is 881. The second-order valence-corrected chi connectivity index (χ2v) is 10.4. The Morgan fingerprint density at radius 3 is 2.38 bits per heavy atom. The zero-order valence-electron chi connectivity index (χ0n) is 17.1. The molecule has 5 N–H and O–H groups in total. The monoisotopic (exact) mass is 434 g/mol. The highest BCUT2D eigenvalue weighted by Gasteiger charge is 2.50. The molecule has 7 atom stereocenters. The van der Waals surface area contributed by atoms with Crippen molar-refractivity contribution >= 4 is 7.60 Å². The Morgan fingerprint density at radius 1 is 1.24 bits per heavy atom. The molecule has 7 unspecified atom stereocenters.